The number of amidine groups is 1. The number of anilines is 2. The van der Waals surface area contributed by atoms with Crippen LogP contribution in [0.5, 0.6) is 0 Å². The summed E-state index contributed by atoms with van der Waals surface area (Å²) in [5, 5.41) is 11.5. The molecule has 0 heterocycles. The molecule has 2 aromatic carbocycles. The van der Waals surface area contributed by atoms with Gasteiger partial charge in [0.2, 0.25) is 0 Å². The van der Waals surface area contributed by atoms with E-state index >= 15 is 0 Å². The molecule has 3 N–H and O–H groups in total. The van der Waals surface area contributed by atoms with Gasteiger partial charge in [-0.15, -0.1) is 0 Å². The molecule has 4 nitrogen and oxygen atoms in total. The van der Waals surface area contributed by atoms with Crippen molar-refractivity contribution in [3.8, 4) is 0 Å². The number of hydrogen-bond donors (Lipinski definition) is 2. The van der Waals surface area contributed by atoms with E-state index in [0.717, 1.165) is 11.3 Å². The van der Waals surface area contributed by atoms with E-state index in [1.807, 2.05) is 43.0 Å². The molecule has 0 amide bonds. The van der Waals surface area contributed by atoms with Crippen LogP contribution in [0, 0.1) is 12.7 Å². The SMILES string of the molecule is CCN(c1ccc(C)cc1)c1ccc(C(N)=NO)cc1F. The largest absolute Gasteiger partial charge is 0.409 e. The summed E-state index contributed by atoms with van der Waals surface area (Å²) in [6.07, 6.45) is 0. The van der Waals surface area contributed by atoms with Crippen LogP contribution in [0.2, 0.25) is 0 Å². The summed E-state index contributed by atoms with van der Waals surface area (Å²) in [7, 11) is 0. The van der Waals surface area contributed by atoms with Crippen LogP contribution in [-0.4, -0.2) is 17.6 Å². The second kappa shape index (κ2) is 6.26. The van der Waals surface area contributed by atoms with Gasteiger partial charge >= 0.3 is 0 Å². The monoisotopic (exact) mass is 287 g/mol. The van der Waals surface area contributed by atoms with Gasteiger partial charge in [0.15, 0.2) is 5.84 Å². The van der Waals surface area contributed by atoms with Gasteiger partial charge in [0.25, 0.3) is 0 Å². The Balaban J connectivity index is 2.41. The van der Waals surface area contributed by atoms with Gasteiger partial charge in [-0.2, -0.15) is 0 Å². The van der Waals surface area contributed by atoms with Crippen LogP contribution in [0.15, 0.2) is 47.6 Å². The second-order valence-corrected chi connectivity index (χ2v) is 4.73. The summed E-state index contributed by atoms with van der Waals surface area (Å²) in [4.78, 5) is 1.87. The molecule has 0 radical (unpaired) electrons. The van der Waals surface area contributed by atoms with Crippen molar-refractivity contribution in [2.24, 2.45) is 10.9 Å². The Morgan fingerprint density at radius 3 is 2.43 bits per heavy atom. The Bertz CT molecular complexity index is 653. The first-order valence-corrected chi connectivity index (χ1v) is 6.68. The van der Waals surface area contributed by atoms with Crippen molar-refractivity contribution in [1.82, 2.24) is 0 Å². The van der Waals surface area contributed by atoms with Crippen molar-refractivity contribution >= 4 is 17.2 Å². The van der Waals surface area contributed by atoms with E-state index in [-0.39, 0.29) is 5.84 Å². The molecule has 0 aliphatic heterocycles. The molecule has 21 heavy (non-hydrogen) atoms. The quantitative estimate of drug-likeness (QED) is 0.392. The molecule has 5 heteroatoms. The Hall–Kier alpha value is -2.56. The summed E-state index contributed by atoms with van der Waals surface area (Å²) in [5.74, 6) is -0.527. The van der Waals surface area contributed by atoms with Crippen LogP contribution in [0.3, 0.4) is 0 Å². The van der Waals surface area contributed by atoms with Gasteiger partial charge < -0.3 is 15.8 Å². The number of rotatable bonds is 4. The Kier molecular flexibility index (Phi) is 4.42. The van der Waals surface area contributed by atoms with E-state index in [1.54, 1.807) is 12.1 Å². The van der Waals surface area contributed by atoms with Gasteiger partial charge in [0, 0.05) is 17.8 Å². The second-order valence-electron chi connectivity index (χ2n) is 4.73. The maximum atomic E-state index is 14.3. The third-order valence-corrected chi connectivity index (χ3v) is 3.30. The highest BCUT2D eigenvalue weighted by Gasteiger charge is 2.13. The van der Waals surface area contributed by atoms with E-state index < -0.39 is 5.82 Å². The lowest BCUT2D eigenvalue weighted by molar-refractivity contribution is 0.318. The van der Waals surface area contributed by atoms with Crippen LogP contribution in [0.4, 0.5) is 15.8 Å². The van der Waals surface area contributed by atoms with E-state index in [4.69, 9.17) is 10.9 Å². The zero-order valence-electron chi connectivity index (χ0n) is 12.0. The van der Waals surface area contributed by atoms with Crippen molar-refractivity contribution in [3.63, 3.8) is 0 Å². The first kappa shape index (κ1) is 14.8. The standard InChI is InChI=1S/C16H18FN3O/c1-3-20(13-7-4-11(2)5-8-13)15-9-6-12(10-14(15)17)16(18)19-21/h4-10,21H,3H2,1-2H3,(H2,18,19). The van der Waals surface area contributed by atoms with Crippen molar-refractivity contribution < 1.29 is 9.60 Å². The Labute approximate surface area is 123 Å². The van der Waals surface area contributed by atoms with E-state index in [1.165, 1.54) is 6.07 Å². The van der Waals surface area contributed by atoms with Gasteiger partial charge in [0.05, 0.1) is 5.69 Å². The molecular weight excluding hydrogens is 269 g/mol. The molecular formula is C16H18FN3O. The lowest BCUT2D eigenvalue weighted by atomic mass is 10.1. The van der Waals surface area contributed by atoms with Crippen LogP contribution < -0.4 is 10.6 Å². The summed E-state index contributed by atoms with van der Waals surface area (Å²) in [6.45, 7) is 4.59. The fraction of sp³-hybridized carbons (Fsp3) is 0.188. The lowest BCUT2D eigenvalue weighted by Crippen LogP contribution is -2.19. The van der Waals surface area contributed by atoms with Crippen LogP contribution in [0.1, 0.15) is 18.1 Å². The minimum Gasteiger partial charge on any atom is -0.409 e. The smallest absolute Gasteiger partial charge is 0.170 e. The predicted octanol–water partition coefficient (Wildman–Crippen LogP) is 3.39. The third kappa shape index (κ3) is 3.13. The number of nitrogens with two attached hydrogens (primary N) is 1. The first-order valence-electron chi connectivity index (χ1n) is 6.68. The molecule has 0 saturated heterocycles. The lowest BCUT2D eigenvalue weighted by Gasteiger charge is -2.24. The number of nitrogens with zero attached hydrogens (tertiary/aromatic N) is 2. The highest BCUT2D eigenvalue weighted by Crippen LogP contribution is 2.28. The zero-order chi connectivity index (χ0) is 15.4. The molecule has 0 fully saturated rings. The van der Waals surface area contributed by atoms with Gasteiger partial charge in [-0.05, 0) is 44.2 Å². The molecule has 0 spiro atoms. The maximum absolute atomic E-state index is 14.3. The highest BCUT2D eigenvalue weighted by atomic mass is 19.1. The Morgan fingerprint density at radius 2 is 1.90 bits per heavy atom. The van der Waals surface area contributed by atoms with Crippen LogP contribution in [-0.2, 0) is 0 Å². The summed E-state index contributed by atoms with van der Waals surface area (Å²) >= 11 is 0. The normalized spacial score (nSPS) is 11.5. The number of hydrogen-bond acceptors (Lipinski definition) is 3. The third-order valence-electron chi connectivity index (χ3n) is 3.30. The average molecular weight is 287 g/mol. The van der Waals surface area contributed by atoms with E-state index in [9.17, 15) is 4.39 Å². The van der Waals surface area contributed by atoms with Gasteiger partial charge in [-0.1, -0.05) is 22.9 Å². The van der Waals surface area contributed by atoms with Crippen LogP contribution in [0.25, 0.3) is 0 Å². The molecule has 110 valence electrons. The number of aryl methyl sites for hydroxylation is 1. The minimum absolute atomic E-state index is 0.112. The van der Waals surface area contributed by atoms with E-state index in [0.29, 0.717) is 17.8 Å². The van der Waals surface area contributed by atoms with Crippen molar-refractivity contribution in [2.45, 2.75) is 13.8 Å². The molecule has 0 aliphatic rings. The zero-order valence-corrected chi connectivity index (χ0v) is 12.0. The van der Waals surface area contributed by atoms with Crippen molar-refractivity contribution in [2.75, 3.05) is 11.4 Å². The topological polar surface area (TPSA) is 61.8 Å². The molecule has 2 aromatic rings. The molecule has 0 unspecified atom stereocenters. The summed E-state index contributed by atoms with van der Waals surface area (Å²) in [5.41, 5.74) is 8.34. The summed E-state index contributed by atoms with van der Waals surface area (Å²) in [6, 6.07) is 12.4. The number of halogens is 1. The summed E-state index contributed by atoms with van der Waals surface area (Å²) < 4.78 is 14.3. The minimum atomic E-state index is -0.415. The fourth-order valence-corrected chi connectivity index (χ4v) is 2.16. The predicted molar refractivity (Wildman–Crippen MR) is 82.8 cm³/mol. The van der Waals surface area contributed by atoms with Crippen molar-refractivity contribution in [1.29, 1.82) is 0 Å². The number of benzene rings is 2. The van der Waals surface area contributed by atoms with Gasteiger partial charge in [0.1, 0.15) is 5.82 Å². The molecule has 2 rings (SSSR count). The first-order chi connectivity index (χ1) is 10.1. The molecule has 0 atom stereocenters. The van der Waals surface area contributed by atoms with Crippen molar-refractivity contribution in [3.05, 3.63) is 59.4 Å². The Morgan fingerprint density at radius 1 is 1.24 bits per heavy atom. The van der Waals surface area contributed by atoms with Gasteiger partial charge in [-0.3, -0.25) is 0 Å². The number of oxime groups is 1. The van der Waals surface area contributed by atoms with Gasteiger partial charge in [-0.25, -0.2) is 4.39 Å². The van der Waals surface area contributed by atoms with Crippen LogP contribution >= 0.6 is 0 Å². The fourth-order valence-electron chi connectivity index (χ4n) is 2.16. The molecule has 0 saturated carbocycles. The molecule has 0 aliphatic carbocycles. The molecule has 0 bridgehead atoms. The molecule has 0 aromatic heterocycles. The van der Waals surface area contributed by atoms with E-state index in [2.05, 4.69) is 5.16 Å². The maximum Gasteiger partial charge on any atom is 0.170 e. The highest BCUT2D eigenvalue weighted by molar-refractivity contribution is 5.97. The average Bonchev–Trinajstić information content (AvgIpc) is 2.50.